The molecule has 0 amide bonds. The summed E-state index contributed by atoms with van der Waals surface area (Å²) in [6.07, 6.45) is -4.52. The van der Waals surface area contributed by atoms with E-state index < -0.39 is 17.5 Å². The summed E-state index contributed by atoms with van der Waals surface area (Å²) in [5.41, 5.74) is 1.06. The van der Waals surface area contributed by atoms with E-state index in [-0.39, 0.29) is 18.1 Å². The van der Waals surface area contributed by atoms with Crippen LogP contribution >= 0.6 is 0 Å². The van der Waals surface area contributed by atoms with Gasteiger partial charge in [-0.15, -0.1) is 10.2 Å². The van der Waals surface area contributed by atoms with Crippen LogP contribution in [0.15, 0.2) is 18.2 Å². The Bertz CT molecular complexity index is 764. The maximum absolute atomic E-state index is 12.7. The Kier molecular flexibility index (Phi) is 5.52. The zero-order valence-electron chi connectivity index (χ0n) is 14.1. The molecule has 0 fully saturated rings. The summed E-state index contributed by atoms with van der Waals surface area (Å²) >= 11 is 0. The topological polar surface area (TPSA) is 78.3 Å². The summed E-state index contributed by atoms with van der Waals surface area (Å²) in [5, 5.41) is 30.2. The minimum absolute atomic E-state index is 0.0377. The summed E-state index contributed by atoms with van der Waals surface area (Å²) in [6.45, 7) is 5.99. The molecule has 1 heterocycles. The van der Waals surface area contributed by atoms with Crippen LogP contribution in [0.1, 0.15) is 23.6 Å². The van der Waals surface area contributed by atoms with Crippen LogP contribution in [0.3, 0.4) is 0 Å². The highest BCUT2D eigenvalue weighted by molar-refractivity contribution is 5.72. The summed E-state index contributed by atoms with van der Waals surface area (Å²) in [6, 6.07) is 2.77. The van der Waals surface area contributed by atoms with E-state index in [1.165, 1.54) is 6.07 Å². The van der Waals surface area contributed by atoms with Gasteiger partial charge in [0.05, 0.1) is 11.3 Å². The lowest BCUT2D eigenvalue weighted by Gasteiger charge is -2.16. The second kappa shape index (κ2) is 7.26. The number of rotatable bonds is 5. The normalized spacial score (nSPS) is 12.9. The predicted octanol–water partition coefficient (Wildman–Crippen LogP) is 3.53. The smallest absolute Gasteiger partial charge is 0.416 e. The van der Waals surface area contributed by atoms with Crippen molar-refractivity contribution in [1.29, 1.82) is 0 Å². The molecule has 1 aromatic heterocycles. The number of anilines is 1. The van der Waals surface area contributed by atoms with Crippen molar-refractivity contribution in [3.05, 3.63) is 34.9 Å². The molecule has 0 aliphatic carbocycles. The number of alkyl halides is 3. The second-order valence-electron chi connectivity index (χ2n) is 6.05. The number of hydrogen-bond acceptors (Lipinski definition) is 5. The van der Waals surface area contributed by atoms with Gasteiger partial charge in [-0.05, 0) is 49.1 Å². The molecule has 8 heteroatoms. The van der Waals surface area contributed by atoms with Gasteiger partial charge in [0.25, 0.3) is 0 Å². The Morgan fingerprint density at radius 3 is 2.40 bits per heavy atom. The van der Waals surface area contributed by atoms with Gasteiger partial charge in [0.15, 0.2) is 5.82 Å². The number of halogens is 3. The van der Waals surface area contributed by atoms with Crippen LogP contribution in [0, 0.1) is 19.8 Å². The summed E-state index contributed by atoms with van der Waals surface area (Å²) in [7, 11) is 0. The fourth-order valence-corrected chi connectivity index (χ4v) is 2.27. The van der Waals surface area contributed by atoms with E-state index in [9.17, 15) is 18.3 Å². The number of aromatic nitrogens is 2. The third-order valence-corrected chi connectivity index (χ3v) is 4.03. The monoisotopic (exact) mass is 355 g/mol. The van der Waals surface area contributed by atoms with E-state index >= 15 is 0 Å². The summed E-state index contributed by atoms with van der Waals surface area (Å²) in [4.78, 5) is 0. The molecule has 0 saturated carbocycles. The van der Waals surface area contributed by atoms with Crippen molar-refractivity contribution in [2.45, 2.75) is 26.9 Å². The van der Waals surface area contributed by atoms with Crippen LogP contribution in [0.5, 0.6) is 5.75 Å². The largest absolute Gasteiger partial charge is 0.507 e. The number of aliphatic hydroxyl groups excluding tert-OH is 1. The van der Waals surface area contributed by atoms with Gasteiger partial charge in [-0.25, -0.2) is 0 Å². The molecular formula is C17H20F3N3O2. The van der Waals surface area contributed by atoms with Crippen molar-refractivity contribution in [2.75, 3.05) is 18.5 Å². The molecule has 0 aliphatic rings. The van der Waals surface area contributed by atoms with Gasteiger partial charge in [0, 0.05) is 18.7 Å². The highest BCUT2D eigenvalue weighted by Crippen LogP contribution is 2.37. The van der Waals surface area contributed by atoms with E-state index in [1.54, 1.807) is 13.8 Å². The number of aliphatic hydroxyl groups is 1. The lowest BCUT2D eigenvalue weighted by Crippen LogP contribution is -2.16. The van der Waals surface area contributed by atoms with Crippen molar-refractivity contribution in [3.63, 3.8) is 0 Å². The average molecular weight is 355 g/mol. The molecule has 25 heavy (non-hydrogen) atoms. The molecule has 0 bridgehead atoms. The number of benzene rings is 1. The molecule has 3 N–H and O–H groups in total. The standard InChI is InChI=1S/C17H20F3N3O2/c1-9(8-24)7-21-16-11(3)10(2)15(22-23-16)13-5-4-12(6-14(13)25)17(18,19)20/h4-6,9,24-25H,7-8H2,1-3H3,(H,21,23)/t9-/m1/s1. The molecule has 2 aromatic rings. The number of phenols is 1. The molecule has 0 aliphatic heterocycles. The SMILES string of the molecule is Cc1c(NC[C@@H](C)CO)nnc(-c2ccc(C(F)(F)F)cc2O)c1C. The third kappa shape index (κ3) is 4.19. The quantitative estimate of drug-likeness (QED) is 0.765. The van der Waals surface area contributed by atoms with Crippen LogP contribution in [-0.2, 0) is 6.18 Å². The highest BCUT2D eigenvalue weighted by Gasteiger charge is 2.31. The zero-order valence-corrected chi connectivity index (χ0v) is 14.1. The first-order chi connectivity index (χ1) is 11.6. The Hall–Kier alpha value is -2.35. The maximum atomic E-state index is 12.7. The number of nitrogens with one attached hydrogen (secondary N) is 1. The van der Waals surface area contributed by atoms with Crippen LogP contribution in [0.25, 0.3) is 11.3 Å². The molecule has 0 saturated heterocycles. The van der Waals surface area contributed by atoms with Crippen molar-refractivity contribution in [3.8, 4) is 17.0 Å². The van der Waals surface area contributed by atoms with E-state index in [1.807, 2.05) is 6.92 Å². The Morgan fingerprint density at radius 1 is 1.16 bits per heavy atom. The summed E-state index contributed by atoms with van der Waals surface area (Å²) < 4.78 is 38.1. The Balaban J connectivity index is 2.36. The number of aromatic hydroxyl groups is 1. The van der Waals surface area contributed by atoms with Crippen molar-refractivity contribution < 1.29 is 23.4 Å². The minimum Gasteiger partial charge on any atom is -0.507 e. The second-order valence-corrected chi connectivity index (χ2v) is 6.05. The fraction of sp³-hybridized carbons (Fsp3) is 0.412. The summed E-state index contributed by atoms with van der Waals surface area (Å²) in [5.74, 6) is 0.0781. The van der Waals surface area contributed by atoms with Crippen molar-refractivity contribution in [1.82, 2.24) is 10.2 Å². The first kappa shape index (κ1) is 19.0. The van der Waals surface area contributed by atoms with Crippen LogP contribution < -0.4 is 5.32 Å². The van der Waals surface area contributed by atoms with Crippen LogP contribution in [0.4, 0.5) is 19.0 Å². The van der Waals surface area contributed by atoms with Crippen LogP contribution in [-0.4, -0.2) is 33.6 Å². The van der Waals surface area contributed by atoms with Gasteiger partial charge in [0.1, 0.15) is 5.75 Å². The number of phenolic OH excluding ortho intramolecular Hbond substituents is 1. The van der Waals surface area contributed by atoms with Gasteiger partial charge in [0.2, 0.25) is 0 Å². The van der Waals surface area contributed by atoms with E-state index in [4.69, 9.17) is 5.11 Å². The fourth-order valence-electron chi connectivity index (χ4n) is 2.27. The predicted molar refractivity (Wildman–Crippen MR) is 88.3 cm³/mol. The first-order valence-corrected chi connectivity index (χ1v) is 7.74. The highest BCUT2D eigenvalue weighted by atomic mass is 19.4. The molecule has 1 atom stereocenters. The molecule has 0 unspecified atom stereocenters. The third-order valence-electron chi connectivity index (χ3n) is 4.03. The van der Waals surface area contributed by atoms with Gasteiger partial charge in [-0.3, -0.25) is 0 Å². The van der Waals surface area contributed by atoms with Crippen molar-refractivity contribution in [2.24, 2.45) is 5.92 Å². The zero-order chi connectivity index (χ0) is 18.8. The van der Waals surface area contributed by atoms with Crippen LogP contribution in [0.2, 0.25) is 0 Å². The molecule has 0 radical (unpaired) electrons. The lowest BCUT2D eigenvalue weighted by atomic mass is 10.0. The first-order valence-electron chi connectivity index (χ1n) is 7.74. The van der Waals surface area contributed by atoms with Crippen molar-refractivity contribution >= 4 is 5.82 Å². The number of hydrogen-bond donors (Lipinski definition) is 3. The minimum atomic E-state index is -4.52. The molecular weight excluding hydrogens is 335 g/mol. The Labute approximate surface area is 143 Å². The van der Waals surface area contributed by atoms with E-state index in [2.05, 4.69) is 15.5 Å². The number of nitrogens with zero attached hydrogens (tertiary/aromatic N) is 2. The molecule has 1 aromatic carbocycles. The van der Waals surface area contributed by atoms with Gasteiger partial charge >= 0.3 is 6.18 Å². The average Bonchev–Trinajstić information content (AvgIpc) is 2.55. The molecule has 136 valence electrons. The van der Waals surface area contributed by atoms with E-state index in [0.29, 0.717) is 29.7 Å². The lowest BCUT2D eigenvalue weighted by molar-refractivity contribution is -0.137. The molecule has 2 rings (SSSR count). The molecule has 5 nitrogen and oxygen atoms in total. The molecule has 0 spiro atoms. The Morgan fingerprint density at radius 2 is 1.84 bits per heavy atom. The van der Waals surface area contributed by atoms with Gasteiger partial charge in [-0.1, -0.05) is 6.92 Å². The maximum Gasteiger partial charge on any atom is 0.416 e. The van der Waals surface area contributed by atoms with Gasteiger partial charge in [-0.2, -0.15) is 13.2 Å². The van der Waals surface area contributed by atoms with E-state index in [0.717, 1.165) is 11.6 Å². The van der Waals surface area contributed by atoms with Gasteiger partial charge < -0.3 is 15.5 Å².